The monoisotopic (exact) mass is 483 g/mol. The van der Waals surface area contributed by atoms with E-state index in [9.17, 15) is 14.7 Å². The van der Waals surface area contributed by atoms with E-state index in [0.29, 0.717) is 17.5 Å². The third kappa shape index (κ3) is 4.99. The Balaban J connectivity index is 1.45. The van der Waals surface area contributed by atoms with Crippen LogP contribution in [0.2, 0.25) is 0 Å². The van der Waals surface area contributed by atoms with Crippen LogP contribution in [0, 0.1) is 19.3 Å². The number of pyridine rings is 1. The van der Waals surface area contributed by atoms with Crippen LogP contribution in [-0.2, 0) is 17.8 Å². The van der Waals surface area contributed by atoms with Crippen LogP contribution in [0.3, 0.4) is 0 Å². The molecule has 2 heterocycles. The topological polar surface area (TPSA) is 82.5 Å². The van der Waals surface area contributed by atoms with Gasteiger partial charge in [-0.2, -0.15) is 0 Å². The van der Waals surface area contributed by atoms with Crippen LogP contribution < -0.4 is 10.2 Å². The molecule has 1 aliphatic carbocycles. The number of anilines is 1. The molecule has 6 heteroatoms. The number of nitrogens with zero attached hydrogens (tertiary/aromatic N) is 2. The predicted molar refractivity (Wildman–Crippen MR) is 141 cm³/mol. The van der Waals surface area contributed by atoms with Crippen LogP contribution in [-0.4, -0.2) is 35.1 Å². The van der Waals surface area contributed by atoms with E-state index >= 15 is 0 Å². The summed E-state index contributed by atoms with van der Waals surface area (Å²) in [7, 11) is 0. The fourth-order valence-corrected chi connectivity index (χ4v) is 5.48. The highest BCUT2D eigenvalue weighted by Gasteiger charge is 2.45. The fourth-order valence-electron chi connectivity index (χ4n) is 5.48. The largest absolute Gasteiger partial charge is 0.481 e. The Labute approximate surface area is 212 Å². The summed E-state index contributed by atoms with van der Waals surface area (Å²) < 4.78 is 0. The van der Waals surface area contributed by atoms with Gasteiger partial charge in [-0.3, -0.25) is 14.6 Å². The van der Waals surface area contributed by atoms with Crippen molar-refractivity contribution in [1.82, 2.24) is 10.3 Å². The maximum Gasteiger partial charge on any atom is 0.307 e. The smallest absolute Gasteiger partial charge is 0.307 e. The summed E-state index contributed by atoms with van der Waals surface area (Å²) in [5.74, 6) is -0.973. The summed E-state index contributed by atoms with van der Waals surface area (Å²) in [5.41, 5.74) is 7.53. The number of carbonyl (C=O) groups is 2. The van der Waals surface area contributed by atoms with Gasteiger partial charge in [-0.05, 0) is 68.2 Å². The SMILES string of the molecule is Cc1nc(C)c(-c2ccc(C(=O)NCc3ccccc3)cc2)c(N2CCC3(CC2)CC3)c1CC(=O)O. The average molecular weight is 484 g/mol. The van der Waals surface area contributed by atoms with E-state index in [1.807, 2.05) is 68.4 Å². The van der Waals surface area contributed by atoms with Crippen molar-refractivity contribution in [3.05, 3.63) is 82.7 Å². The molecule has 1 aliphatic heterocycles. The number of rotatable bonds is 7. The number of amides is 1. The van der Waals surface area contributed by atoms with Crippen molar-refractivity contribution in [2.75, 3.05) is 18.0 Å². The first-order chi connectivity index (χ1) is 17.3. The van der Waals surface area contributed by atoms with Gasteiger partial charge < -0.3 is 15.3 Å². The van der Waals surface area contributed by atoms with Gasteiger partial charge >= 0.3 is 5.97 Å². The molecule has 6 nitrogen and oxygen atoms in total. The molecule has 36 heavy (non-hydrogen) atoms. The predicted octanol–water partition coefficient (Wildman–Crippen LogP) is 5.30. The van der Waals surface area contributed by atoms with Crippen molar-refractivity contribution < 1.29 is 14.7 Å². The van der Waals surface area contributed by atoms with Crippen LogP contribution in [0.25, 0.3) is 11.1 Å². The van der Waals surface area contributed by atoms with Crippen LogP contribution in [0.5, 0.6) is 0 Å². The molecule has 1 aromatic heterocycles. The van der Waals surface area contributed by atoms with E-state index in [2.05, 4.69) is 10.2 Å². The highest BCUT2D eigenvalue weighted by atomic mass is 16.4. The lowest BCUT2D eigenvalue weighted by Crippen LogP contribution is -2.36. The molecule has 0 radical (unpaired) electrons. The third-order valence-corrected chi connectivity index (χ3v) is 7.81. The van der Waals surface area contributed by atoms with Crippen molar-refractivity contribution in [1.29, 1.82) is 0 Å². The van der Waals surface area contributed by atoms with Gasteiger partial charge in [-0.15, -0.1) is 0 Å². The molecule has 186 valence electrons. The van der Waals surface area contributed by atoms with Crippen LogP contribution >= 0.6 is 0 Å². The Bertz CT molecular complexity index is 1270. The van der Waals surface area contributed by atoms with Crippen molar-refractivity contribution >= 4 is 17.6 Å². The maximum absolute atomic E-state index is 12.7. The van der Waals surface area contributed by atoms with E-state index in [-0.39, 0.29) is 12.3 Å². The molecule has 2 aromatic carbocycles. The minimum absolute atomic E-state index is 0.0525. The zero-order valence-corrected chi connectivity index (χ0v) is 21.0. The number of nitrogens with one attached hydrogen (secondary N) is 1. The number of benzene rings is 2. The Morgan fingerprint density at radius 1 is 0.944 bits per heavy atom. The number of aromatic nitrogens is 1. The Morgan fingerprint density at radius 2 is 1.61 bits per heavy atom. The minimum atomic E-state index is -0.850. The molecule has 0 atom stereocenters. The third-order valence-electron chi connectivity index (χ3n) is 7.81. The lowest BCUT2D eigenvalue weighted by Gasteiger charge is -2.37. The standard InChI is InChI=1S/C30H33N3O3/c1-20-25(18-26(34)35)28(33-16-14-30(12-13-30)15-17-33)27(21(2)32-20)23-8-10-24(11-9-23)29(36)31-19-22-6-4-3-5-7-22/h3-11H,12-19H2,1-2H3,(H,31,36)(H,34,35). The second kappa shape index (κ2) is 9.76. The average Bonchev–Trinajstić information content (AvgIpc) is 3.64. The Hall–Kier alpha value is -3.67. The lowest BCUT2D eigenvalue weighted by atomic mass is 9.90. The highest BCUT2D eigenvalue weighted by Crippen LogP contribution is 2.54. The van der Waals surface area contributed by atoms with Crippen molar-refractivity contribution in [3.63, 3.8) is 0 Å². The summed E-state index contributed by atoms with van der Waals surface area (Å²) in [6, 6.07) is 17.4. The fraction of sp³-hybridized carbons (Fsp3) is 0.367. The molecule has 2 N–H and O–H groups in total. The number of carbonyl (C=O) groups excluding carboxylic acids is 1. The quantitative estimate of drug-likeness (QED) is 0.476. The van der Waals surface area contributed by atoms with Crippen molar-refractivity contribution in [2.24, 2.45) is 5.41 Å². The molecule has 5 rings (SSSR count). The lowest BCUT2D eigenvalue weighted by molar-refractivity contribution is -0.136. The van der Waals surface area contributed by atoms with Gasteiger partial charge in [0.15, 0.2) is 0 Å². The van der Waals surface area contributed by atoms with Crippen molar-refractivity contribution in [2.45, 2.75) is 52.5 Å². The number of hydrogen-bond donors (Lipinski definition) is 2. The maximum atomic E-state index is 12.7. The van der Waals surface area contributed by atoms with E-state index in [1.54, 1.807) is 0 Å². The zero-order chi connectivity index (χ0) is 25.3. The molecule has 2 aliphatic rings. The first kappa shape index (κ1) is 24.0. The molecule has 2 fully saturated rings. The first-order valence-electron chi connectivity index (χ1n) is 12.7. The van der Waals surface area contributed by atoms with E-state index in [0.717, 1.165) is 65.3 Å². The van der Waals surface area contributed by atoms with E-state index < -0.39 is 5.97 Å². The second-order valence-corrected chi connectivity index (χ2v) is 10.3. The summed E-state index contributed by atoms with van der Waals surface area (Å²) in [6.45, 7) is 6.24. The summed E-state index contributed by atoms with van der Waals surface area (Å²) >= 11 is 0. The highest BCUT2D eigenvalue weighted by molar-refractivity contribution is 5.95. The number of carboxylic acid groups (broad SMARTS) is 1. The molecule has 1 amide bonds. The van der Waals surface area contributed by atoms with E-state index in [1.165, 1.54) is 12.8 Å². The number of aliphatic carboxylic acids is 1. The molecular weight excluding hydrogens is 450 g/mol. The van der Waals surface area contributed by atoms with Gasteiger partial charge in [0, 0.05) is 47.7 Å². The zero-order valence-electron chi connectivity index (χ0n) is 21.0. The number of hydrogen-bond acceptors (Lipinski definition) is 4. The number of aryl methyl sites for hydroxylation is 2. The van der Waals surface area contributed by atoms with Gasteiger partial charge in [0.25, 0.3) is 5.91 Å². The molecule has 1 saturated carbocycles. The van der Waals surface area contributed by atoms with Gasteiger partial charge in [-0.1, -0.05) is 42.5 Å². The van der Waals surface area contributed by atoms with Crippen molar-refractivity contribution in [3.8, 4) is 11.1 Å². The van der Waals surface area contributed by atoms with Gasteiger partial charge in [-0.25, -0.2) is 0 Å². The van der Waals surface area contributed by atoms with E-state index in [4.69, 9.17) is 4.98 Å². The molecular formula is C30H33N3O3. The number of piperidine rings is 1. The summed E-state index contributed by atoms with van der Waals surface area (Å²) in [5, 5.41) is 12.7. The Morgan fingerprint density at radius 3 is 2.22 bits per heavy atom. The normalized spacial score (nSPS) is 16.1. The van der Waals surface area contributed by atoms with Crippen LogP contribution in [0.1, 0.15) is 58.6 Å². The molecule has 0 unspecified atom stereocenters. The summed E-state index contributed by atoms with van der Waals surface area (Å²) in [6.07, 6.45) is 4.89. The van der Waals surface area contributed by atoms with Gasteiger partial charge in [0.05, 0.1) is 12.1 Å². The Kier molecular flexibility index (Phi) is 6.52. The minimum Gasteiger partial charge on any atom is -0.481 e. The first-order valence-corrected chi connectivity index (χ1v) is 12.7. The van der Waals surface area contributed by atoms with Crippen LogP contribution in [0.4, 0.5) is 5.69 Å². The van der Waals surface area contributed by atoms with Gasteiger partial charge in [0.2, 0.25) is 0 Å². The van der Waals surface area contributed by atoms with Gasteiger partial charge in [0.1, 0.15) is 0 Å². The molecule has 1 spiro atoms. The molecule has 0 bridgehead atoms. The summed E-state index contributed by atoms with van der Waals surface area (Å²) in [4.78, 5) is 31.7. The molecule has 1 saturated heterocycles. The van der Waals surface area contributed by atoms with Crippen LogP contribution in [0.15, 0.2) is 54.6 Å². The number of carboxylic acids is 1. The molecule has 3 aromatic rings. The second-order valence-electron chi connectivity index (χ2n) is 10.3.